The first-order valence-corrected chi connectivity index (χ1v) is 16.4. The van der Waals surface area contributed by atoms with Crippen molar-refractivity contribution >= 4 is 21.5 Å². The van der Waals surface area contributed by atoms with E-state index in [1.165, 1.54) is 0 Å². The zero-order valence-electron chi connectivity index (χ0n) is 32.8. The number of benzene rings is 8. The maximum absolute atomic E-state index is 9.34. The SMILES string of the molecule is [2H]c1c([2H])c([2H])c2c(-c3cccc(-c4nc(-c5ccccc5)nc(-c5cccc6ccc(-c7ccccc7)cc56)n4)c3)c([2H])c([2H])c(-c3ccccc3)c2c1[2H]. The van der Waals surface area contributed by atoms with Crippen LogP contribution in [0.2, 0.25) is 0 Å². The van der Waals surface area contributed by atoms with Crippen molar-refractivity contribution in [3.8, 4) is 67.5 Å². The lowest BCUT2D eigenvalue weighted by Crippen LogP contribution is -2.00. The Labute approximate surface area is 299 Å². The summed E-state index contributed by atoms with van der Waals surface area (Å²) in [4.78, 5) is 15.1. The van der Waals surface area contributed by atoms with Crippen LogP contribution in [0.15, 0.2) is 188 Å². The monoisotopic (exact) mass is 643 g/mol. The fraction of sp³-hybridized carbons (Fsp3) is 0. The third-order valence-electron chi connectivity index (χ3n) is 8.87. The molecule has 0 amide bonds. The van der Waals surface area contributed by atoms with Crippen LogP contribution in [0, 0.1) is 0 Å². The molecule has 0 aliphatic carbocycles. The van der Waals surface area contributed by atoms with E-state index >= 15 is 0 Å². The first-order chi connectivity index (χ1) is 27.3. The van der Waals surface area contributed by atoms with Crippen LogP contribution in [0.1, 0.15) is 8.22 Å². The minimum atomic E-state index is -0.406. The Balaban J connectivity index is 1.27. The topological polar surface area (TPSA) is 38.7 Å². The Morgan fingerprint density at radius 1 is 0.320 bits per heavy atom. The van der Waals surface area contributed by atoms with Gasteiger partial charge in [0.05, 0.1) is 8.22 Å². The van der Waals surface area contributed by atoms with Crippen molar-refractivity contribution in [2.75, 3.05) is 0 Å². The number of nitrogens with zero attached hydrogens (tertiary/aromatic N) is 3. The Morgan fingerprint density at radius 2 is 0.860 bits per heavy atom. The Kier molecular flexibility index (Phi) is 6.00. The molecule has 0 fully saturated rings. The highest BCUT2D eigenvalue weighted by molar-refractivity contribution is 6.05. The lowest BCUT2D eigenvalue weighted by Gasteiger charge is -2.14. The Hall–Kier alpha value is -6.71. The van der Waals surface area contributed by atoms with Crippen LogP contribution in [0.4, 0.5) is 0 Å². The zero-order chi connectivity index (χ0) is 38.5. The van der Waals surface area contributed by atoms with Crippen molar-refractivity contribution in [2.45, 2.75) is 0 Å². The third-order valence-corrected chi connectivity index (χ3v) is 8.87. The maximum atomic E-state index is 9.34. The molecule has 8 aromatic carbocycles. The van der Waals surface area contributed by atoms with Crippen LogP contribution >= 0.6 is 0 Å². The van der Waals surface area contributed by atoms with Crippen LogP contribution in [0.25, 0.3) is 89.1 Å². The molecule has 0 aliphatic heterocycles. The third kappa shape index (κ3) is 5.51. The van der Waals surface area contributed by atoms with Gasteiger partial charge < -0.3 is 0 Å². The molecular weight excluding hydrogens is 607 g/mol. The smallest absolute Gasteiger partial charge is 0.164 e. The first kappa shape index (κ1) is 23.6. The zero-order valence-corrected chi connectivity index (χ0v) is 26.8. The van der Waals surface area contributed by atoms with Crippen molar-refractivity contribution < 1.29 is 8.22 Å². The highest BCUT2D eigenvalue weighted by Gasteiger charge is 2.16. The minimum Gasteiger partial charge on any atom is -0.208 e. The standard InChI is InChI=1S/C47H31N3/c1-4-14-32(15-5-1)36-27-26-34-20-13-25-43(44(34)31-36)47-49-45(35-18-8-3-9-19-35)48-46(50-47)38-22-12-21-37(30-38)40-29-28-39(33-16-6-2-7-17-33)41-23-10-11-24-42(40)41/h1-31H/i10D,11D,23D,24D,28D,29D. The Bertz CT molecular complexity index is 2970. The number of hydrogen-bond donors (Lipinski definition) is 0. The molecule has 0 spiro atoms. The summed E-state index contributed by atoms with van der Waals surface area (Å²) in [6.45, 7) is 0. The highest BCUT2D eigenvalue weighted by Crippen LogP contribution is 2.37. The van der Waals surface area contributed by atoms with E-state index in [9.17, 15) is 2.74 Å². The van der Waals surface area contributed by atoms with Crippen molar-refractivity contribution in [2.24, 2.45) is 0 Å². The lowest BCUT2D eigenvalue weighted by molar-refractivity contribution is 1.08. The lowest BCUT2D eigenvalue weighted by atomic mass is 9.91. The van der Waals surface area contributed by atoms with Gasteiger partial charge in [0.1, 0.15) is 0 Å². The van der Waals surface area contributed by atoms with Gasteiger partial charge in [-0.25, -0.2) is 15.0 Å². The Morgan fingerprint density at radius 3 is 1.56 bits per heavy atom. The van der Waals surface area contributed by atoms with E-state index in [1.54, 1.807) is 30.3 Å². The second kappa shape index (κ2) is 12.7. The molecule has 0 radical (unpaired) electrons. The summed E-state index contributed by atoms with van der Waals surface area (Å²) >= 11 is 0. The van der Waals surface area contributed by atoms with E-state index in [0.29, 0.717) is 34.2 Å². The summed E-state index contributed by atoms with van der Waals surface area (Å²) in [7, 11) is 0. The molecule has 9 aromatic rings. The molecular formula is C47H31N3. The molecule has 9 rings (SSSR count). The predicted octanol–water partition coefficient (Wildman–Crippen LogP) is 12.2. The molecule has 0 saturated carbocycles. The summed E-state index contributed by atoms with van der Waals surface area (Å²) in [5, 5.41) is 2.40. The van der Waals surface area contributed by atoms with Crippen LogP contribution in [-0.2, 0) is 0 Å². The van der Waals surface area contributed by atoms with Crippen LogP contribution in [-0.4, -0.2) is 15.0 Å². The first-order valence-electron chi connectivity index (χ1n) is 19.4. The number of fused-ring (bicyclic) bond motifs is 2. The van der Waals surface area contributed by atoms with E-state index < -0.39 is 12.1 Å². The van der Waals surface area contributed by atoms with Gasteiger partial charge in [0.2, 0.25) is 0 Å². The molecule has 3 heteroatoms. The van der Waals surface area contributed by atoms with Crippen molar-refractivity contribution in [3.05, 3.63) is 188 Å². The van der Waals surface area contributed by atoms with E-state index in [-0.39, 0.29) is 46.1 Å². The van der Waals surface area contributed by atoms with E-state index in [1.807, 2.05) is 84.9 Å². The minimum absolute atomic E-state index is 0.131. The summed E-state index contributed by atoms with van der Waals surface area (Å²) in [6, 6.07) is 47.1. The molecule has 0 bridgehead atoms. The normalized spacial score (nSPS) is 12.9. The number of hydrogen-bond acceptors (Lipinski definition) is 3. The van der Waals surface area contributed by atoms with Gasteiger partial charge in [-0.2, -0.15) is 0 Å². The highest BCUT2D eigenvalue weighted by atomic mass is 15.0. The molecule has 0 unspecified atom stereocenters. The molecule has 50 heavy (non-hydrogen) atoms. The second-order valence-electron chi connectivity index (χ2n) is 12.0. The van der Waals surface area contributed by atoms with E-state index in [2.05, 4.69) is 36.4 Å². The van der Waals surface area contributed by atoms with Gasteiger partial charge in [0, 0.05) is 16.7 Å². The maximum Gasteiger partial charge on any atom is 0.164 e. The second-order valence-corrected chi connectivity index (χ2v) is 12.0. The number of aromatic nitrogens is 3. The predicted molar refractivity (Wildman–Crippen MR) is 207 cm³/mol. The van der Waals surface area contributed by atoms with Crippen molar-refractivity contribution in [1.82, 2.24) is 15.0 Å². The molecule has 0 atom stereocenters. The van der Waals surface area contributed by atoms with Gasteiger partial charge in [0.25, 0.3) is 0 Å². The molecule has 234 valence electrons. The van der Waals surface area contributed by atoms with Gasteiger partial charge >= 0.3 is 0 Å². The van der Waals surface area contributed by atoms with Gasteiger partial charge in [-0.05, 0) is 67.1 Å². The average Bonchev–Trinajstić information content (AvgIpc) is 3.26. The summed E-state index contributed by atoms with van der Waals surface area (Å²) < 4.78 is 53.8. The quantitative estimate of drug-likeness (QED) is 0.181. The fourth-order valence-electron chi connectivity index (χ4n) is 6.41. The van der Waals surface area contributed by atoms with Crippen LogP contribution in [0.5, 0.6) is 0 Å². The number of rotatable bonds is 6. The summed E-state index contributed by atoms with van der Waals surface area (Å²) in [5.41, 5.74) is 6.04. The summed E-state index contributed by atoms with van der Waals surface area (Å²) in [5.74, 6) is 1.35. The van der Waals surface area contributed by atoms with Crippen molar-refractivity contribution in [3.63, 3.8) is 0 Å². The van der Waals surface area contributed by atoms with Gasteiger partial charge in [-0.3, -0.25) is 0 Å². The molecule has 3 nitrogen and oxygen atoms in total. The molecule has 0 N–H and O–H groups in total. The molecule has 1 heterocycles. The average molecular weight is 644 g/mol. The summed E-state index contributed by atoms with van der Waals surface area (Å²) in [6.07, 6.45) is 0. The largest absolute Gasteiger partial charge is 0.208 e. The van der Waals surface area contributed by atoms with Gasteiger partial charge in [-0.15, -0.1) is 0 Å². The van der Waals surface area contributed by atoms with Crippen LogP contribution < -0.4 is 0 Å². The van der Waals surface area contributed by atoms with E-state index in [4.69, 9.17) is 20.4 Å². The van der Waals surface area contributed by atoms with Gasteiger partial charge in [-0.1, -0.05) is 176 Å². The van der Waals surface area contributed by atoms with Gasteiger partial charge in [0.15, 0.2) is 17.5 Å². The van der Waals surface area contributed by atoms with Crippen LogP contribution in [0.3, 0.4) is 0 Å². The molecule has 0 aliphatic rings. The molecule has 1 aromatic heterocycles. The van der Waals surface area contributed by atoms with E-state index in [0.717, 1.165) is 33.0 Å². The fourth-order valence-corrected chi connectivity index (χ4v) is 6.41. The van der Waals surface area contributed by atoms with Crippen molar-refractivity contribution in [1.29, 1.82) is 0 Å². The molecule has 0 saturated heterocycles.